The fourth-order valence-corrected chi connectivity index (χ4v) is 2.52. The van der Waals surface area contributed by atoms with Crippen LogP contribution in [0.1, 0.15) is 11.8 Å². The van der Waals surface area contributed by atoms with Crippen molar-refractivity contribution in [2.24, 2.45) is 0 Å². The molecule has 0 saturated carbocycles. The first-order valence-electron chi connectivity index (χ1n) is 5.55. The van der Waals surface area contributed by atoms with Gasteiger partial charge in [0.2, 0.25) is 17.2 Å². The van der Waals surface area contributed by atoms with E-state index in [0.29, 0.717) is 11.9 Å². The van der Waals surface area contributed by atoms with Crippen LogP contribution in [-0.4, -0.2) is 28.0 Å². The van der Waals surface area contributed by atoms with E-state index in [1.807, 2.05) is 6.07 Å². The van der Waals surface area contributed by atoms with Crippen LogP contribution >= 0.6 is 22.9 Å². The highest BCUT2D eigenvalue weighted by atomic mass is 35.5. The predicted octanol–water partition coefficient (Wildman–Crippen LogP) is 2.67. The van der Waals surface area contributed by atoms with E-state index >= 15 is 0 Å². The third-order valence-electron chi connectivity index (χ3n) is 2.29. The Morgan fingerprint density at radius 1 is 1.33 bits per heavy atom. The van der Waals surface area contributed by atoms with E-state index in [-0.39, 0.29) is 11.3 Å². The van der Waals surface area contributed by atoms with Crippen molar-refractivity contribution in [3.63, 3.8) is 0 Å². The first-order valence-corrected chi connectivity index (χ1v) is 6.81. The lowest BCUT2D eigenvalue weighted by Crippen LogP contribution is -2.20. The highest BCUT2D eigenvalue weighted by Crippen LogP contribution is 2.14. The minimum absolute atomic E-state index is 0.181. The van der Waals surface area contributed by atoms with E-state index < -0.39 is 0 Å². The topological polar surface area (TPSA) is 62.7 Å². The molecule has 2 heterocycles. The second kappa shape index (κ2) is 5.97. The third kappa shape index (κ3) is 3.54. The van der Waals surface area contributed by atoms with Crippen molar-refractivity contribution < 1.29 is 0 Å². The second-order valence-electron chi connectivity index (χ2n) is 3.83. The maximum Gasteiger partial charge on any atom is 0.229 e. The highest BCUT2D eigenvalue weighted by Gasteiger charge is 2.08. The van der Waals surface area contributed by atoms with Crippen LogP contribution in [0.25, 0.3) is 0 Å². The molecule has 0 aromatic carbocycles. The van der Waals surface area contributed by atoms with Gasteiger partial charge < -0.3 is 10.6 Å². The first kappa shape index (κ1) is 13.0. The van der Waals surface area contributed by atoms with Crippen molar-refractivity contribution in [2.45, 2.75) is 19.4 Å². The van der Waals surface area contributed by atoms with E-state index in [1.165, 1.54) is 4.88 Å². The van der Waals surface area contributed by atoms with Gasteiger partial charge in [-0.1, -0.05) is 6.07 Å². The molecule has 18 heavy (non-hydrogen) atoms. The monoisotopic (exact) mass is 283 g/mol. The molecule has 0 aliphatic rings. The summed E-state index contributed by atoms with van der Waals surface area (Å²) in [4.78, 5) is 13.5. The molecular formula is C11H14ClN5S. The molecule has 0 aliphatic heterocycles. The molecule has 0 spiro atoms. The van der Waals surface area contributed by atoms with Crippen LogP contribution in [0, 0.1) is 0 Å². The summed E-state index contributed by atoms with van der Waals surface area (Å²) in [5, 5.41) is 8.31. The van der Waals surface area contributed by atoms with Gasteiger partial charge in [-0.2, -0.15) is 15.0 Å². The Morgan fingerprint density at radius 3 is 2.78 bits per heavy atom. The van der Waals surface area contributed by atoms with E-state index in [1.54, 1.807) is 18.4 Å². The summed E-state index contributed by atoms with van der Waals surface area (Å²) in [5.41, 5.74) is 0. The maximum absolute atomic E-state index is 5.81. The summed E-state index contributed by atoms with van der Waals surface area (Å²) >= 11 is 7.56. The van der Waals surface area contributed by atoms with Crippen molar-refractivity contribution in [1.29, 1.82) is 0 Å². The van der Waals surface area contributed by atoms with Crippen LogP contribution in [0.3, 0.4) is 0 Å². The average molecular weight is 284 g/mol. The number of hydrogen-bond donors (Lipinski definition) is 2. The molecule has 7 heteroatoms. The molecule has 2 rings (SSSR count). The molecule has 2 aromatic heterocycles. The number of thiophene rings is 1. The SMILES string of the molecule is CNc1nc(Cl)nc(NC(C)Cc2cccs2)n1. The largest absolute Gasteiger partial charge is 0.357 e. The minimum Gasteiger partial charge on any atom is -0.357 e. The van der Waals surface area contributed by atoms with Gasteiger partial charge in [0, 0.05) is 24.4 Å². The quantitative estimate of drug-likeness (QED) is 0.883. The van der Waals surface area contributed by atoms with Crippen molar-refractivity contribution in [2.75, 3.05) is 17.7 Å². The Hall–Kier alpha value is -1.40. The smallest absolute Gasteiger partial charge is 0.229 e. The van der Waals surface area contributed by atoms with Crippen molar-refractivity contribution in [3.05, 3.63) is 27.7 Å². The number of halogens is 1. The summed E-state index contributed by atoms with van der Waals surface area (Å²) in [7, 11) is 1.74. The average Bonchev–Trinajstić information content (AvgIpc) is 2.80. The van der Waals surface area contributed by atoms with E-state index in [0.717, 1.165) is 6.42 Å². The van der Waals surface area contributed by atoms with Crippen molar-refractivity contribution >= 4 is 34.8 Å². The molecule has 2 aromatic rings. The van der Waals surface area contributed by atoms with Crippen molar-refractivity contribution in [3.8, 4) is 0 Å². The first-order chi connectivity index (χ1) is 8.67. The number of rotatable bonds is 5. The fraction of sp³-hybridized carbons (Fsp3) is 0.364. The normalized spacial score (nSPS) is 12.2. The molecule has 2 N–H and O–H groups in total. The molecule has 0 aliphatic carbocycles. The fourth-order valence-electron chi connectivity index (χ4n) is 1.53. The van der Waals surface area contributed by atoms with Gasteiger partial charge in [-0.3, -0.25) is 0 Å². The van der Waals surface area contributed by atoms with Gasteiger partial charge in [0.25, 0.3) is 0 Å². The molecule has 1 unspecified atom stereocenters. The molecule has 0 fully saturated rings. The van der Waals surface area contributed by atoms with Crippen LogP contribution in [0.2, 0.25) is 5.28 Å². The maximum atomic E-state index is 5.81. The van der Waals surface area contributed by atoms with Crippen LogP contribution in [-0.2, 0) is 6.42 Å². The van der Waals surface area contributed by atoms with Crippen LogP contribution in [0.15, 0.2) is 17.5 Å². The van der Waals surface area contributed by atoms with Crippen molar-refractivity contribution in [1.82, 2.24) is 15.0 Å². The molecule has 0 bridgehead atoms. The van der Waals surface area contributed by atoms with Gasteiger partial charge in [0.05, 0.1) is 0 Å². The molecule has 0 radical (unpaired) electrons. The molecule has 0 amide bonds. The summed E-state index contributed by atoms with van der Waals surface area (Å²) in [6, 6.07) is 4.39. The summed E-state index contributed by atoms with van der Waals surface area (Å²) in [5.74, 6) is 0.948. The Labute approximate surface area is 115 Å². The number of anilines is 2. The minimum atomic E-state index is 0.181. The lowest BCUT2D eigenvalue weighted by atomic mass is 10.2. The van der Waals surface area contributed by atoms with E-state index in [9.17, 15) is 0 Å². The van der Waals surface area contributed by atoms with Gasteiger partial charge in [0.1, 0.15) is 0 Å². The number of hydrogen-bond acceptors (Lipinski definition) is 6. The second-order valence-corrected chi connectivity index (χ2v) is 5.20. The van der Waals surface area contributed by atoms with Crippen LogP contribution in [0.4, 0.5) is 11.9 Å². The third-order valence-corrected chi connectivity index (χ3v) is 3.36. The zero-order chi connectivity index (χ0) is 13.0. The number of nitrogens with one attached hydrogen (secondary N) is 2. The molecule has 1 atom stereocenters. The molecule has 0 saturated heterocycles. The zero-order valence-electron chi connectivity index (χ0n) is 10.1. The Kier molecular flexibility index (Phi) is 4.33. The molecule has 96 valence electrons. The Bertz CT molecular complexity index is 502. The predicted molar refractivity (Wildman–Crippen MR) is 75.5 cm³/mol. The zero-order valence-corrected chi connectivity index (χ0v) is 11.7. The van der Waals surface area contributed by atoms with E-state index in [2.05, 4.69) is 44.0 Å². The van der Waals surface area contributed by atoms with E-state index in [4.69, 9.17) is 11.6 Å². The van der Waals surface area contributed by atoms with Crippen LogP contribution in [0.5, 0.6) is 0 Å². The lowest BCUT2D eigenvalue weighted by Gasteiger charge is -2.13. The van der Waals surface area contributed by atoms with Gasteiger partial charge in [0.15, 0.2) is 0 Å². The van der Waals surface area contributed by atoms with Gasteiger partial charge >= 0.3 is 0 Å². The summed E-state index contributed by atoms with van der Waals surface area (Å²) in [6.07, 6.45) is 0.926. The Balaban J connectivity index is 2.02. The molecule has 5 nitrogen and oxygen atoms in total. The van der Waals surface area contributed by atoms with Gasteiger partial charge in [-0.15, -0.1) is 11.3 Å². The Morgan fingerprint density at radius 2 is 2.11 bits per heavy atom. The summed E-state index contributed by atoms with van der Waals surface area (Å²) < 4.78 is 0. The number of aromatic nitrogens is 3. The van der Waals surface area contributed by atoms with Gasteiger partial charge in [-0.05, 0) is 30.0 Å². The standard InChI is InChI=1S/C11H14ClN5S/c1-7(6-8-4-3-5-18-8)14-11-16-9(12)15-10(13-2)17-11/h3-5,7H,6H2,1-2H3,(H2,13,14,15,16,17). The molecular weight excluding hydrogens is 270 g/mol. The van der Waals surface area contributed by atoms with Gasteiger partial charge in [-0.25, -0.2) is 0 Å². The highest BCUT2D eigenvalue weighted by molar-refractivity contribution is 7.09. The summed E-state index contributed by atoms with van der Waals surface area (Å²) in [6.45, 7) is 2.08. The lowest BCUT2D eigenvalue weighted by molar-refractivity contribution is 0.784. The number of nitrogens with zero attached hydrogens (tertiary/aromatic N) is 3. The van der Waals surface area contributed by atoms with Crippen LogP contribution < -0.4 is 10.6 Å².